The summed E-state index contributed by atoms with van der Waals surface area (Å²) in [4.78, 5) is 4.34. The van der Waals surface area contributed by atoms with E-state index in [1.165, 1.54) is 0 Å². The molecule has 0 unspecified atom stereocenters. The van der Waals surface area contributed by atoms with Gasteiger partial charge in [0.1, 0.15) is 5.75 Å². The summed E-state index contributed by atoms with van der Waals surface area (Å²) in [5.74, 6) is 1.07. The van der Waals surface area contributed by atoms with Crippen LogP contribution < -0.4 is 10.5 Å². The van der Waals surface area contributed by atoms with Crippen LogP contribution in [0, 0.1) is 6.92 Å². The number of imidazole rings is 1. The molecule has 21 heavy (non-hydrogen) atoms. The molecule has 0 amide bonds. The fourth-order valence-corrected chi connectivity index (χ4v) is 2.72. The van der Waals surface area contributed by atoms with Gasteiger partial charge >= 0.3 is 0 Å². The molecule has 0 fully saturated rings. The minimum atomic E-state index is 0.347. The smallest absolute Gasteiger partial charge is 0.205 e. The molecular weight excluding hydrogens is 309 g/mol. The second-order valence-electron chi connectivity index (χ2n) is 4.71. The summed E-state index contributed by atoms with van der Waals surface area (Å²) in [6.45, 7) is 1.90. The molecule has 0 aliphatic carbocycles. The van der Waals surface area contributed by atoms with E-state index in [4.69, 9.17) is 33.7 Å². The third-order valence-corrected chi connectivity index (χ3v) is 4.07. The van der Waals surface area contributed by atoms with Crippen LogP contribution in [-0.2, 0) is 0 Å². The van der Waals surface area contributed by atoms with E-state index in [1.54, 1.807) is 17.7 Å². The molecule has 3 aromatic rings. The molecule has 0 saturated heterocycles. The highest BCUT2D eigenvalue weighted by atomic mass is 35.5. The predicted octanol–water partition coefficient (Wildman–Crippen LogP) is 4.23. The minimum absolute atomic E-state index is 0.347. The molecule has 2 aromatic carbocycles. The summed E-state index contributed by atoms with van der Waals surface area (Å²) in [6, 6.07) is 9.15. The first-order valence-corrected chi connectivity index (χ1v) is 7.05. The standard InChI is InChI=1S/C15H13Cl2N3O/c1-8-5-11(17)13(7-10(8)16)20-14-6-9(21-2)3-4-12(14)19-15(20)18/h3-7H,1-2H3,(H2,18,19). The number of methoxy groups -OCH3 is 1. The molecule has 0 spiro atoms. The number of nitrogen functional groups attached to an aromatic ring is 1. The quantitative estimate of drug-likeness (QED) is 0.768. The summed E-state index contributed by atoms with van der Waals surface area (Å²) in [6.07, 6.45) is 0. The molecule has 0 aliphatic heterocycles. The van der Waals surface area contributed by atoms with Crippen molar-refractivity contribution in [2.75, 3.05) is 12.8 Å². The molecule has 3 rings (SSSR count). The fourth-order valence-electron chi connectivity index (χ4n) is 2.26. The Morgan fingerprint density at radius 3 is 2.62 bits per heavy atom. The maximum atomic E-state index is 6.34. The Bertz CT molecular complexity index is 843. The van der Waals surface area contributed by atoms with E-state index in [9.17, 15) is 0 Å². The van der Waals surface area contributed by atoms with Crippen molar-refractivity contribution in [3.63, 3.8) is 0 Å². The molecule has 0 aliphatic rings. The van der Waals surface area contributed by atoms with E-state index in [1.807, 2.05) is 31.2 Å². The van der Waals surface area contributed by atoms with Gasteiger partial charge in [-0.2, -0.15) is 0 Å². The van der Waals surface area contributed by atoms with Gasteiger partial charge in [0.25, 0.3) is 0 Å². The number of aromatic nitrogens is 2. The zero-order chi connectivity index (χ0) is 15.1. The fraction of sp³-hybridized carbons (Fsp3) is 0.133. The van der Waals surface area contributed by atoms with Crippen molar-refractivity contribution >= 4 is 40.2 Å². The van der Waals surface area contributed by atoms with Crippen LogP contribution in [0.5, 0.6) is 5.75 Å². The van der Waals surface area contributed by atoms with E-state index in [0.717, 1.165) is 22.3 Å². The van der Waals surface area contributed by atoms with E-state index in [0.29, 0.717) is 21.7 Å². The van der Waals surface area contributed by atoms with Crippen LogP contribution in [-0.4, -0.2) is 16.7 Å². The normalized spacial score (nSPS) is 11.0. The summed E-state index contributed by atoms with van der Waals surface area (Å²) in [5, 5.41) is 1.18. The van der Waals surface area contributed by atoms with Crippen LogP contribution in [0.25, 0.3) is 16.7 Å². The lowest BCUT2D eigenvalue weighted by atomic mass is 10.2. The van der Waals surface area contributed by atoms with Crippen molar-refractivity contribution in [3.8, 4) is 11.4 Å². The van der Waals surface area contributed by atoms with Crippen LogP contribution in [0.1, 0.15) is 5.56 Å². The van der Waals surface area contributed by atoms with Crippen molar-refractivity contribution in [2.24, 2.45) is 0 Å². The highest BCUT2D eigenvalue weighted by molar-refractivity contribution is 6.35. The second-order valence-corrected chi connectivity index (χ2v) is 5.53. The number of aryl methyl sites for hydroxylation is 1. The Morgan fingerprint density at radius 1 is 1.14 bits per heavy atom. The number of benzene rings is 2. The van der Waals surface area contributed by atoms with Crippen molar-refractivity contribution < 1.29 is 4.74 Å². The van der Waals surface area contributed by atoms with Crippen LogP contribution in [0.15, 0.2) is 30.3 Å². The maximum absolute atomic E-state index is 6.34. The van der Waals surface area contributed by atoms with Crippen LogP contribution in [0.2, 0.25) is 10.0 Å². The summed E-state index contributed by atoms with van der Waals surface area (Å²) < 4.78 is 7.02. The van der Waals surface area contributed by atoms with Gasteiger partial charge in [-0.3, -0.25) is 4.57 Å². The average molecular weight is 322 g/mol. The second kappa shape index (κ2) is 5.13. The van der Waals surface area contributed by atoms with E-state index in [2.05, 4.69) is 4.98 Å². The lowest BCUT2D eigenvalue weighted by molar-refractivity contribution is 0.415. The first-order valence-electron chi connectivity index (χ1n) is 6.29. The SMILES string of the molecule is COc1ccc2nc(N)n(-c3cc(Cl)c(C)cc3Cl)c2c1. The van der Waals surface area contributed by atoms with Gasteiger partial charge in [0.2, 0.25) is 5.95 Å². The average Bonchev–Trinajstić information content (AvgIpc) is 2.78. The zero-order valence-corrected chi connectivity index (χ0v) is 13.0. The highest BCUT2D eigenvalue weighted by Gasteiger charge is 2.15. The number of nitrogens with two attached hydrogens (primary N) is 1. The Balaban J connectivity index is 2.34. The van der Waals surface area contributed by atoms with Crippen molar-refractivity contribution in [2.45, 2.75) is 6.92 Å². The minimum Gasteiger partial charge on any atom is -0.497 e. The Morgan fingerprint density at radius 2 is 1.90 bits per heavy atom. The third-order valence-electron chi connectivity index (χ3n) is 3.36. The van der Waals surface area contributed by atoms with Crippen molar-refractivity contribution in [1.82, 2.24) is 9.55 Å². The first kappa shape index (κ1) is 14.0. The summed E-state index contributed by atoms with van der Waals surface area (Å²) in [7, 11) is 1.61. The Hall–Kier alpha value is -1.91. The molecule has 0 bridgehead atoms. The number of rotatable bonds is 2. The van der Waals surface area contributed by atoms with Gasteiger partial charge in [-0.1, -0.05) is 23.2 Å². The molecule has 1 aromatic heterocycles. The van der Waals surface area contributed by atoms with Gasteiger partial charge in [-0.25, -0.2) is 4.98 Å². The number of ether oxygens (including phenoxy) is 1. The predicted molar refractivity (Wildman–Crippen MR) is 86.8 cm³/mol. The van der Waals surface area contributed by atoms with Gasteiger partial charge in [0.15, 0.2) is 0 Å². The number of nitrogens with zero attached hydrogens (tertiary/aromatic N) is 2. The summed E-state index contributed by atoms with van der Waals surface area (Å²) in [5.41, 5.74) is 9.22. The van der Waals surface area contributed by atoms with Gasteiger partial charge in [0, 0.05) is 11.1 Å². The lowest BCUT2D eigenvalue weighted by Gasteiger charge is -2.11. The molecule has 0 radical (unpaired) electrons. The zero-order valence-electron chi connectivity index (χ0n) is 11.5. The highest BCUT2D eigenvalue weighted by Crippen LogP contribution is 2.33. The molecule has 4 nitrogen and oxygen atoms in total. The van der Waals surface area contributed by atoms with Gasteiger partial charge in [-0.15, -0.1) is 0 Å². The molecule has 108 valence electrons. The van der Waals surface area contributed by atoms with Crippen LogP contribution in [0.3, 0.4) is 0 Å². The number of halogens is 2. The van der Waals surface area contributed by atoms with Crippen molar-refractivity contribution in [1.29, 1.82) is 0 Å². The van der Waals surface area contributed by atoms with E-state index in [-0.39, 0.29) is 0 Å². The molecule has 0 atom stereocenters. The third kappa shape index (κ3) is 2.30. The van der Waals surface area contributed by atoms with Gasteiger partial charge < -0.3 is 10.5 Å². The number of hydrogen-bond acceptors (Lipinski definition) is 3. The molecular formula is C15H13Cl2N3O. The number of anilines is 1. The summed E-state index contributed by atoms with van der Waals surface area (Å²) >= 11 is 12.6. The van der Waals surface area contributed by atoms with Crippen LogP contribution >= 0.6 is 23.2 Å². The van der Waals surface area contributed by atoms with E-state index < -0.39 is 0 Å². The Kier molecular flexibility index (Phi) is 3.43. The molecule has 0 saturated carbocycles. The lowest BCUT2D eigenvalue weighted by Crippen LogP contribution is -2.02. The first-order chi connectivity index (χ1) is 10.0. The van der Waals surface area contributed by atoms with E-state index >= 15 is 0 Å². The van der Waals surface area contributed by atoms with Gasteiger partial charge in [0.05, 0.1) is 28.9 Å². The monoisotopic (exact) mass is 321 g/mol. The van der Waals surface area contributed by atoms with Crippen molar-refractivity contribution in [3.05, 3.63) is 45.9 Å². The van der Waals surface area contributed by atoms with Gasteiger partial charge in [-0.05, 0) is 36.8 Å². The number of hydrogen-bond donors (Lipinski definition) is 1. The Labute approximate surface area is 132 Å². The molecule has 6 heteroatoms. The maximum Gasteiger partial charge on any atom is 0.205 e. The molecule has 2 N–H and O–H groups in total. The van der Waals surface area contributed by atoms with Crippen LogP contribution in [0.4, 0.5) is 5.95 Å². The molecule has 1 heterocycles. The number of fused-ring (bicyclic) bond motifs is 1. The topological polar surface area (TPSA) is 53.1 Å². The largest absolute Gasteiger partial charge is 0.497 e.